The summed E-state index contributed by atoms with van der Waals surface area (Å²) in [6.07, 6.45) is 6.51. The molecule has 0 radical (unpaired) electrons. The number of carbonyl (C=O) groups is 2. The quantitative estimate of drug-likeness (QED) is 0.620. The first-order valence-corrected chi connectivity index (χ1v) is 5.06. The molecule has 74 valence electrons. The smallest absolute Gasteiger partial charge is 0.222 e. The van der Waals surface area contributed by atoms with Crippen molar-refractivity contribution in [2.45, 2.75) is 38.5 Å². The molecule has 0 bridgehead atoms. The van der Waals surface area contributed by atoms with Gasteiger partial charge < -0.3 is 9.69 Å². The second-order valence-electron chi connectivity index (χ2n) is 3.50. The Morgan fingerprint density at radius 3 is 2.77 bits per heavy atom. The van der Waals surface area contributed by atoms with Crippen molar-refractivity contribution in [3.63, 3.8) is 0 Å². The maximum absolute atomic E-state index is 11.5. The molecule has 0 aromatic carbocycles. The van der Waals surface area contributed by atoms with Gasteiger partial charge in [-0.05, 0) is 12.8 Å². The maximum Gasteiger partial charge on any atom is 0.222 e. The second kappa shape index (κ2) is 5.73. The molecular weight excluding hydrogens is 166 g/mol. The molecule has 0 spiro atoms. The summed E-state index contributed by atoms with van der Waals surface area (Å²) >= 11 is 0. The zero-order valence-electron chi connectivity index (χ0n) is 8.00. The molecule has 0 saturated carbocycles. The van der Waals surface area contributed by atoms with E-state index in [1.807, 2.05) is 4.90 Å². The fourth-order valence-electron chi connectivity index (χ4n) is 1.66. The van der Waals surface area contributed by atoms with Gasteiger partial charge in [-0.1, -0.05) is 12.8 Å². The molecule has 13 heavy (non-hydrogen) atoms. The first-order valence-electron chi connectivity index (χ1n) is 5.06. The molecule has 0 aromatic heterocycles. The zero-order chi connectivity index (χ0) is 9.52. The zero-order valence-corrected chi connectivity index (χ0v) is 8.00. The fraction of sp³-hybridized carbons (Fsp3) is 0.800. The average molecular weight is 183 g/mol. The largest absolute Gasteiger partial charge is 0.342 e. The van der Waals surface area contributed by atoms with Crippen LogP contribution >= 0.6 is 0 Å². The van der Waals surface area contributed by atoms with Crippen LogP contribution in [0.25, 0.3) is 0 Å². The van der Waals surface area contributed by atoms with Crippen molar-refractivity contribution in [3.05, 3.63) is 0 Å². The van der Waals surface area contributed by atoms with Gasteiger partial charge in [0.1, 0.15) is 6.29 Å². The van der Waals surface area contributed by atoms with Crippen LogP contribution in [-0.2, 0) is 9.59 Å². The number of hydrogen-bond acceptors (Lipinski definition) is 2. The standard InChI is InChI=1S/C10H17NO2/c12-9-5-8-11-7-4-2-1-3-6-10(11)13/h9H,1-8H2. The third-order valence-corrected chi connectivity index (χ3v) is 2.44. The van der Waals surface area contributed by atoms with Crippen molar-refractivity contribution in [2.75, 3.05) is 13.1 Å². The molecule has 1 aliphatic rings. The third kappa shape index (κ3) is 3.57. The van der Waals surface area contributed by atoms with E-state index < -0.39 is 0 Å². The van der Waals surface area contributed by atoms with E-state index in [1.165, 1.54) is 12.8 Å². The summed E-state index contributed by atoms with van der Waals surface area (Å²) in [5.74, 6) is 0.224. The van der Waals surface area contributed by atoms with E-state index in [1.54, 1.807) is 0 Å². The van der Waals surface area contributed by atoms with Gasteiger partial charge in [0.25, 0.3) is 0 Å². The van der Waals surface area contributed by atoms with Crippen LogP contribution in [0.3, 0.4) is 0 Å². The van der Waals surface area contributed by atoms with Crippen LogP contribution in [0, 0.1) is 0 Å². The lowest BCUT2D eigenvalue weighted by Gasteiger charge is -2.23. The van der Waals surface area contributed by atoms with Crippen molar-refractivity contribution in [1.29, 1.82) is 0 Å². The Bertz CT molecular complexity index is 180. The second-order valence-corrected chi connectivity index (χ2v) is 3.50. The van der Waals surface area contributed by atoms with E-state index in [4.69, 9.17) is 0 Å². The molecule has 1 fully saturated rings. The molecule has 1 amide bonds. The van der Waals surface area contributed by atoms with E-state index in [9.17, 15) is 9.59 Å². The van der Waals surface area contributed by atoms with E-state index >= 15 is 0 Å². The maximum atomic E-state index is 11.5. The van der Waals surface area contributed by atoms with Crippen LogP contribution in [-0.4, -0.2) is 30.2 Å². The highest BCUT2D eigenvalue weighted by Crippen LogP contribution is 2.11. The van der Waals surface area contributed by atoms with Gasteiger partial charge in [-0.2, -0.15) is 0 Å². The van der Waals surface area contributed by atoms with Crippen molar-refractivity contribution in [3.8, 4) is 0 Å². The first-order chi connectivity index (χ1) is 6.34. The Morgan fingerprint density at radius 2 is 2.00 bits per heavy atom. The lowest BCUT2D eigenvalue weighted by molar-refractivity contribution is -0.132. The Balaban J connectivity index is 2.36. The monoisotopic (exact) mass is 183 g/mol. The van der Waals surface area contributed by atoms with Crippen LogP contribution < -0.4 is 0 Å². The molecule has 0 atom stereocenters. The molecule has 1 rings (SSSR count). The Morgan fingerprint density at radius 1 is 1.23 bits per heavy atom. The van der Waals surface area contributed by atoms with E-state index in [0.717, 1.165) is 25.7 Å². The van der Waals surface area contributed by atoms with E-state index in [2.05, 4.69) is 0 Å². The van der Waals surface area contributed by atoms with E-state index in [-0.39, 0.29) is 5.91 Å². The van der Waals surface area contributed by atoms with Gasteiger partial charge in [0.2, 0.25) is 5.91 Å². The van der Waals surface area contributed by atoms with Crippen LogP contribution in [0.1, 0.15) is 38.5 Å². The lowest BCUT2D eigenvalue weighted by atomic mass is 10.1. The molecular formula is C10H17NO2. The minimum Gasteiger partial charge on any atom is -0.342 e. The van der Waals surface area contributed by atoms with Gasteiger partial charge in [0, 0.05) is 25.9 Å². The molecule has 1 aliphatic heterocycles. The Hall–Kier alpha value is -0.860. The number of amides is 1. The summed E-state index contributed by atoms with van der Waals surface area (Å²) in [6, 6.07) is 0. The predicted octanol–water partition coefficient (Wildman–Crippen LogP) is 1.37. The van der Waals surface area contributed by atoms with Gasteiger partial charge in [0.05, 0.1) is 0 Å². The number of likely N-dealkylation sites (tertiary alicyclic amines) is 1. The molecule has 3 nitrogen and oxygen atoms in total. The highest BCUT2D eigenvalue weighted by molar-refractivity contribution is 5.76. The van der Waals surface area contributed by atoms with Crippen molar-refractivity contribution < 1.29 is 9.59 Å². The number of aldehydes is 1. The number of hydrogen-bond donors (Lipinski definition) is 0. The summed E-state index contributed by atoms with van der Waals surface area (Å²) in [7, 11) is 0. The van der Waals surface area contributed by atoms with Crippen LogP contribution in [0.4, 0.5) is 0 Å². The van der Waals surface area contributed by atoms with Crippen LogP contribution in [0.5, 0.6) is 0 Å². The number of rotatable bonds is 3. The van der Waals surface area contributed by atoms with Gasteiger partial charge in [0.15, 0.2) is 0 Å². The molecule has 0 aliphatic carbocycles. The van der Waals surface area contributed by atoms with Crippen molar-refractivity contribution in [2.24, 2.45) is 0 Å². The summed E-state index contributed by atoms with van der Waals surface area (Å²) in [6.45, 7) is 1.45. The van der Waals surface area contributed by atoms with Gasteiger partial charge in [-0.3, -0.25) is 4.79 Å². The van der Waals surface area contributed by atoms with Gasteiger partial charge in [-0.25, -0.2) is 0 Å². The van der Waals surface area contributed by atoms with Crippen molar-refractivity contribution in [1.82, 2.24) is 4.90 Å². The van der Waals surface area contributed by atoms with Gasteiger partial charge in [-0.15, -0.1) is 0 Å². The highest BCUT2D eigenvalue weighted by atomic mass is 16.2. The minimum absolute atomic E-state index is 0.224. The van der Waals surface area contributed by atoms with Crippen LogP contribution in [0.2, 0.25) is 0 Å². The topological polar surface area (TPSA) is 37.4 Å². The van der Waals surface area contributed by atoms with E-state index in [0.29, 0.717) is 19.4 Å². The van der Waals surface area contributed by atoms with Crippen molar-refractivity contribution >= 4 is 12.2 Å². The molecule has 0 aromatic rings. The average Bonchev–Trinajstić information content (AvgIpc) is 2.11. The first kappa shape index (κ1) is 10.2. The molecule has 3 heteroatoms. The summed E-state index contributed by atoms with van der Waals surface area (Å²) in [4.78, 5) is 23.5. The minimum atomic E-state index is 0.224. The summed E-state index contributed by atoms with van der Waals surface area (Å²) in [5, 5.41) is 0. The van der Waals surface area contributed by atoms with Gasteiger partial charge >= 0.3 is 0 Å². The SMILES string of the molecule is O=CCCN1CCCCCCC1=O. The molecule has 1 heterocycles. The number of nitrogens with zero attached hydrogens (tertiary/aromatic N) is 1. The molecule has 0 unspecified atom stereocenters. The molecule has 0 N–H and O–H groups in total. The normalized spacial score (nSPS) is 19.4. The Kier molecular flexibility index (Phi) is 4.50. The molecule has 1 saturated heterocycles. The van der Waals surface area contributed by atoms with Crippen LogP contribution in [0.15, 0.2) is 0 Å². The fourth-order valence-corrected chi connectivity index (χ4v) is 1.66. The Labute approximate surface area is 79.1 Å². The third-order valence-electron chi connectivity index (χ3n) is 2.44. The summed E-state index contributed by atoms with van der Waals surface area (Å²) in [5.41, 5.74) is 0. The summed E-state index contributed by atoms with van der Waals surface area (Å²) < 4.78 is 0. The lowest BCUT2D eigenvalue weighted by Crippen LogP contribution is -2.33. The predicted molar refractivity (Wildman–Crippen MR) is 50.3 cm³/mol. The number of carbonyl (C=O) groups excluding carboxylic acids is 2. The highest BCUT2D eigenvalue weighted by Gasteiger charge is 2.14.